The Balaban J connectivity index is 1.70. The highest BCUT2D eigenvalue weighted by atomic mass is 16.6. The van der Waals surface area contributed by atoms with Crippen molar-refractivity contribution < 1.29 is 33.4 Å². The van der Waals surface area contributed by atoms with E-state index in [2.05, 4.69) is 10.6 Å². The van der Waals surface area contributed by atoms with Gasteiger partial charge in [0, 0.05) is 32.5 Å². The number of nitrogens with zero attached hydrogens (tertiary/aromatic N) is 1. The van der Waals surface area contributed by atoms with Crippen molar-refractivity contribution in [3.05, 3.63) is 35.9 Å². The third kappa shape index (κ3) is 8.54. The largest absolute Gasteiger partial charge is 0.450 e. The molecule has 2 fully saturated rings. The lowest BCUT2D eigenvalue weighted by molar-refractivity contribution is -0.156. The van der Waals surface area contributed by atoms with Crippen molar-refractivity contribution in [3.63, 3.8) is 0 Å². The molecule has 3 amide bonds. The van der Waals surface area contributed by atoms with Gasteiger partial charge in [0.05, 0.1) is 12.6 Å². The lowest BCUT2D eigenvalue weighted by atomic mass is 10.1. The Kier molecular flexibility index (Phi) is 8.71. The summed E-state index contributed by atoms with van der Waals surface area (Å²) in [7, 11) is 0. The topological polar surface area (TPSA) is 123 Å². The first-order valence-electron chi connectivity index (χ1n) is 11.9. The molecule has 1 heterocycles. The molecule has 1 saturated heterocycles. The molecule has 1 aliphatic heterocycles. The third-order valence-corrected chi connectivity index (χ3v) is 5.50. The van der Waals surface area contributed by atoms with E-state index in [9.17, 15) is 19.2 Å². The fraction of sp³-hybridized carbons (Fsp3) is 0.600. The van der Waals surface area contributed by atoms with E-state index in [1.165, 1.54) is 11.8 Å². The molecule has 1 aliphatic carbocycles. The zero-order valence-corrected chi connectivity index (χ0v) is 20.7. The average molecular weight is 490 g/mol. The van der Waals surface area contributed by atoms with E-state index in [4.69, 9.17) is 14.2 Å². The lowest BCUT2D eigenvalue weighted by Crippen LogP contribution is -2.58. The van der Waals surface area contributed by atoms with Crippen molar-refractivity contribution in [2.45, 2.75) is 83.5 Å². The molecule has 192 valence electrons. The summed E-state index contributed by atoms with van der Waals surface area (Å²) in [6.07, 6.45) is -0.580. The standard InChI is InChI=1S/C25H35N3O7/c1-16(29)34-21(22(30)26-18-10-11-18)19(27-24(32)35-25(2,3)4)14-28-13-12-20(23(28)31)33-15-17-8-6-5-7-9-17/h5-9,18-21H,10-15H2,1-4H3,(H,26,30)(H,27,32)/t19?,20-,21?/m0/s1. The van der Waals surface area contributed by atoms with Crippen LogP contribution in [0, 0.1) is 0 Å². The predicted molar refractivity (Wildman–Crippen MR) is 126 cm³/mol. The van der Waals surface area contributed by atoms with Crippen LogP contribution >= 0.6 is 0 Å². The van der Waals surface area contributed by atoms with Crippen LogP contribution in [-0.2, 0) is 35.2 Å². The Labute approximate surface area is 205 Å². The zero-order valence-electron chi connectivity index (χ0n) is 20.7. The summed E-state index contributed by atoms with van der Waals surface area (Å²) in [5.74, 6) is -1.44. The maximum atomic E-state index is 13.0. The number of benzene rings is 1. The van der Waals surface area contributed by atoms with Gasteiger partial charge in [0.15, 0.2) is 0 Å². The molecule has 0 aromatic heterocycles. The number of carbonyl (C=O) groups excluding carboxylic acids is 4. The zero-order chi connectivity index (χ0) is 25.6. The average Bonchev–Trinajstić information content (AvgIpc) is 3.52. The van der Waals surface area contributed by atoms with Gasteiger partial charge in [-0.1, -0.05) is 30.3 Å². The molecule has 2 unspecified atom stereocenters. The van der Waals surface area contributed by atoms with Gasteiger partial charge < -0.3 is 29.7 Å². The van der Waals surface area contributed by atoms with Crippen molar-refractivity contribution in [2.75, 3.05) is 13.1 Å². The van der Waals surface area contributed by atoms with Crippen LogP contribution in [0.4, 0.5) is 4.79 Å². The molecule has 3 atom stereocenters. The number of rotatable bonds is 10. The number of hydrogen-bond acceptors (Lipinski definition) is 7. The number of likely N-dealkylation sites (tertiary alicyclic amines) is 1. The van der Waals surface area contributed by atoms with E-state index in [1.807, 2.05) is 30.3 Å². The Morgan fingerprint density at radius 2 is 1.80 bits per heavy atom. The summed E-state index contributed by atoms with van der Waals surface area (Å²) in [6, 6.07) is 8.55. The molecular formula is C25H35N3O7. The minimum absolute atomic E-state index is 0.0203. The van der Waals surface area contributed by atoms with Gasteiger partial charge in [-0.05, 0) is 39.2 Å². The van der Waals surface area contributed by atoms with E-state index in [0.717, 1.165) is 18.4 Å². The van der Waals surface area contributed by atoms with Gasteiger partial charge in [0.2, 0.25) is 6.10 Å². The van der Waals surface area contributed by atoms with Gasteiger partial charge in [0.25, 0.3) is 11.8 Å². The number of amides is 3. The maximum absolute atomic E-state index is 13.0. The maximum Gasteiger partial charge on any atom is 0.408 e. The molecule has 10 nitrogen and oxygen atoms in total. The van der Waals surface area contributed by atoms with Crippen LogP contribution < -0.4 is 10.6 Å². The first kappa shape index (κ1) is 26.5. The van der Waals surface area contributed by atoms with Crippen molar-refractivity contribution in [1.29, 1.82) is 0 Å². The number of esters is 1. The van der Waals surface area contributed by atoms with E-state index in [-0.39, 0.29) is 18.5 Å². The Hall–Kier alpha value is -3.14. The molecule has 0 radical (unpaired) electrons. The van der Waals surface area contributed by atoms with E-state index in [1.54, 1.807) is 20.8 Å². The molecule has 1 aromatic rings. The van der Waals surface area contributed by atoms with Crippen molar-refractivity contribution >= 4 is 23.9 Å². The Morgan fingerprint density at radius 1 is 1.11 bits per heavy atom. The molecule has 35 heavy (non-hydrogen) atoms. The number of carbonyl (C=O) groups is 4. The first-order valence-corrected chi connectivity index (χ1v) is 11.9. The van der Waals surface area contributed by atoms with Crippen LogP contribution in [0.1, 0.15) is 52.5 Å². The monoisotopic (exact) mass is 489 g/mol. The van der Waals surface area contributed by atoms with Gasteiger partial charge in [-0.2, -0.15) is 0 Å². The number of hydrogen-bond donors (Lipinski definition) is 2. The second-order valence-corrected chi connectivity index (χ2v) is 9.92. The highest BCUT2D eigenvalue weighted by Crippen LogP contribution is 2.21. The molecule has 10 heteroatoms. The molecule has 2 N–H and O–H groups in total. The Morgan fingerprint density at radius 3 is 2.40 bits per heavy atom. The van der Waals surface area contributed by atoms with Gasteiger partial charge in [-0.25, -0.2) is 4.79 Å². The van der Waals surface area contributed by atoms with Crippen molar-refractivity contribution in [2.24, 2.45) is 0 Å². The molecule has 1 saturated carbocycles. The van der Waals surface area contributed by atoms with Gasteiger partial charge in [-0.15, -0.1) is 0 Å². The molecule has 2 aliphatic rings. The highest BCUT2D eigenvalue weighted by Gasteiger charge is 2.41. The van der Waals surface area contributed by atoms with Crippen LogP contribution in [-0.4, -0.2) is 71.8 Å². The number of alkyl carbamates (subject to hydrolysis) is 1. The summed E-state index contributed by atoms with van der Waals surface area (Å²) in [5.41, 5.74) is 0.177. The second kappa shape index (κ2) is 11.5. The fourth-order valence-electron chi connectivity index (χ4n) is 3.74. The normalized spacial score (nSPS) is 19.6. The predicted octanol–water partition coefficient (Wildman–Crippen LogP) is 1.91. The molecule has 0 spiro atoms. The number of ether oxygens (including phenoxy) is 3. The summed E-state index contributed by atoms with van der Waals surface area (Å²) >= 11 is 0. The highest BCUT2D eigenvalue weighted by molar-refractivity contribution is 5.86. The van der Waals surface area contributed by atoms with Gasteiger partial charge in [0.1, 0.15) is 11.7 Å². The van der Waals surface area contributed by atoms with E-state index >= 15 is 0 Å². The molecule has 1 aromatic carbocycles. The van der Waals surface area contributed by atoms with Crippen LogP contribution in [0.3, 0.4) is 0 Å². The summed E-state index contributed by atoms with van der Waals surface area (Å²) in [5, 5.41) is 5.45. The van der Waals surface area contributed by atoms with Crippen molar-refractivity contribution in [3.8, 4) is 0 Å². The van der Waals surface area contributed by atoms with E-state index < -0.39 is 41.8 Å². The number of nitrogens with one attached hydrogen (secondary N) is 2. The molecule has 3 rings (SSSR count). The molecule has 0 bridgehead atoms. The van der Waals surface area contributed by atoms with Gasteiger partial charge >= 0.3 is 12.1 Å². The van der Waals surface area contributed by atoms with Crippen LogP contribution in [0.25, 0.3) is 0 Å². The third-order valence-electron chi connectivity index (χ3n) is 5.50. The summed E-state index contributed by atoms with van der Waals surface area (Å²) < 4.78 is 16.5. The minimum Gasteiger partial charge on any atom is -0.450 e. The minimum atomic E-state index is -1.32. The van der Waals surface area contributed by atoms with Crippen molar-refractivity contribution in [1.82, 2.24) is 15.5 Å². The van der Waals surface area contributed by atoms with Crippen LogP contribution in [0.15, 0.2) is 30.3 Å². The molecular weight excluding hydrogens is 454 g/mol. The quantitative estimate of drug-likeness (QED) is 0.481. The SMILES string of the molecule is CC(=O)OC(C(=O)NC1CC1)C(CN1CC[C@H](OCc2ccccc2)C1=O)NC(=O)OC(C)(C)C. The lowest BCUT2D eigenvalue weighted by Gasteiger charge is -2.31. The van der Waals surface area contributed by atoms with E-state index in [0.29, 0.717) is 19.6 Å². The van der Waals surface area contributed by atoms with Gasteiger partial charge in [-0.3, -0.25) is 14.4 Å². The Bertz CT molecular complexity index is 911. The summed E-state index contributed by atoms with van der Waals surface area (Å²) in [6.45, 7) is 6.96. The van der Waals surface area contributed by atoms with Crippen LogP contribution in [0.2, 0.25) is 0 Å². The van der Waals surface area contributed by atoms with Crippen LogP contribution in [0.5, 0.6) is 0 Å². The smallest absolute Gasteiger partial charge is 0.408 e. The first-order chi connectivity index (χ1) is 16.5. The fourth-order valence-corrected chi connectivity index (χ4v) is 3.74. The second-order valence-electron chi connectivity index (χ2n) is 9.92. The summed E-state index contributed by atoms with van der Waals surface area (Å²) in [4.78, 5) is 51.8.